The van der Waals surface area contributed by atoms with Crippen LogP contribution in [0.3, 0.4) is 0 Å². The Bertz CT molecular complexity index is 421. The zero-order valence-corrected chi connectivity index (χ0v) is 14.4. The molecule has 0 unspecified atom stereocenters. The summed E-state index contributed by atoms with van der Waals surface area (Å²) >= 11 is 1.90. The molecule has 0 amide bonds. The Balaban J connectivity index is 2.18. The minimum Gasteiger partial charge on any atom is -0.345 e. The van der Waals surface area contributed by atoms with E-state index >= 15 is 0 Å². The first-order valence-electron chi connectivity index (χ1n) is 8.02. The third-order valence-electron chi connectivity index (χ3n) is 3.63. The van der Waals surface area contributed by atoms with Gasteiger partial charge in [-0.1, -0.05) is 34.6 Å². The minimum atomic E-state index is 0.506. The number of thiazole rings is 1. The van der Waals surface area contributed by atoms with Gasteiger partial charge in [-0.15, -0.1) is 11.3 Å². The van der Waals surface area contributed by atoms with E-state index < -0.39 is 0 Å². The molecule has 2 rings (SSSR count). The normalized spacial score (nSPS) is 15.3. The van der Waals surface area contributed by atoms with Crippen molar-refractivity contribution in [2.75, 3.05) is 11.4 Å². The molecular formula is C16H29N3S. The lowest BCUT2D eigenvalue weighted by molar-refractivity contribution is 0.588. The maximum Gasteiger partial charge on any atom is 0.186 e. The van der Waals surface area contributed by atoms with Gasteiger partial charge in [-0.2, -0.15) is 0 Å². The van der Waals surface area contributed by atoms with Crippen LogP contribution < -0.4 is 10.2 Å². The number of nitrogens with one attached hydrogen (secondary N) is 1. The van der Waals surface area contributed by atoms with E-state index in [0.717, 1.165) is 19.1 Å². The molecule has 1 saturated carbocycles. The first-order valence-corrected chi connectivity index (χ1v) is 8.84. The fourth-order valence-electron chi connectivity index (χ4n) is 2.41. The van der Waals surface area contributed by atoms with Crippen LogP contribution in [0.5, 0.6) is 0 Å². The molecule has 1 aromatic rings. The monoisotopic (exact) mass is 295 g/mol. The Labute approximate surface area is 127 Å². The number of hydrogen-bond acceptors (Lipinski definition) is 4. The topological polar surface area (TPSA) is 28.2 Å². The average molecular weight is 295 g/mol. The van der Waals surface area contributed by atoms with Crippen LogP contribution in [0.25, 0.3) is 0 Å². The van der Waals surface area contributed by atoms with Gasteiger partial charge in [0.05, 0.1) is 5.69 Å². The van der Waals surface area contributed by atoms with Crippen LogP contribution in [0.1, 0.15) is 70.4 Å². The van der Waals surface area contributed by atoms with Gasteiger partial charge < -0.3 is 10.2 Å². The molecule has 0 radical (unpaired) electrons. The Morgan fingerprint density at radius 1 is 1.30 bits per heavy atom. The molecule has 1 aliphatic rings. The standard InChI is InChI=1S/C16H29N3S/c1-6-9-19(13-7-8-13)16-18-15(11(2)3)14(20-16)10-17-12(4)5/h11-13,17H,6-10H2,1-5H3. The van der Waals surface area contributed by atoms with Crippen LogP contribution >= 0.6 is 11.3 Å². The van der Waals surface area contributed by atoms with Crippen LogP contribution in [0, 0.1) is 0 Å². The van der Waals surface area contributed by atoms with E-state index in [1.807, 2.05) is 11.3 Å². The van der Waals surface area contributed by atoms with E-state index in [9.17, 15) is 0 Å². The molecule has 0 aromatic carbocycles. The summed E-state index contributed by atoms with van der Waals surface area (Å²) in [6, 6.07) is 1.28. The number of rotatable bonds is 8. The van der Waals surface area contributed by atoms with Crippen molar-refractivity contribution < 1.29 is 0 Å². The van der Waals surface area contributed by atoms with Crippen molar-refractivity contribution in [3.63, 3.8) is 0 Å². The van der Waals surface area contributed by atoms with Gasteiger partial charge >= 0.3 is 0 Å². The molecule has 20 heavy (non-hydrogen) atoms. The summed E-state index contributed by atoms with van der Waals surface area (Å²) in [6.07, 6.45) is 3.89. The fourth-order valence-corrected chi connectivity index (χ4v) is 3.67. The minimum absolute atomic E-state index is 0.506. The highest BCUT2D eigenvalue weighted by Crippen LogP contribution is 2.37. The zero-order chi connectivity index (χ0) is 14.7. The number of hydrogen-bond donors (Lipinski definition) is 1. The van der Waals surface area contributed by atoms with Gasteiger partial charge in [-0.25, -0.2) is 4.98 Å². The molecule has 1 fully saturated rings. The Hall–Kier alpha value is -0.610. The predicted molar refractivity (Wildman–Crippen MR) is 88.8 cm³/mol. The molecule has 1 heterocycles. The Morgan fingerprint density at radius 2 is 2.00 bits per heavy atom. The van der Waals surface area contributed by atoms with E-state index in [4.69, 9.17) is 4.98 Å². The highest BCUT2D eigenvalue weighted by atomic mass is 32.1. The maximum atomic E-state index is 4.97. The van der Waals surface area contributed by atoms with Crippen LogP contribution in [-0.2, 0) is 6.54 Å². The van der Waals surface area contributed by atoms with Crippen LogP contribution in [0.4, 0.5) is 5.13 Å². The average Bonchev–Trinajstić information content (AvgIpc) is 3.12. The fraction of sp³-hybridized carbons (Fsp3) is 0.812. The van der Waals surface area contributed by atoms with Crippen molar-refractivity contribution in [3.8, 4) is 0 Å². The lowest BCUT2D eigenvalue weighted by atomic mass is 10.1. The van der Waals surface area contributed by atoms with Crippen molar-refractivity contribution in [1.82, 2.24) is 10.3 Å². The third kappa shape index (κ3) is 3.95. The van der Waals surface area contributed by atoms with Gasteiger partial charge in [0.25, 0.3) is 0 Å². The van der Waals surface area contributed by atoms with E-state index in [0.29, 0.717) is 12.0 Å². The number of aromatic nitrogens is 1. The highest BCUT2D eigenvalue weighted by molar-refractivity contribution is 7.15. The van der Waals surface area contributed by atoms with E-state index in [1.165, 1.54) is 35.0 Å². The van der Waals surface area contributed by atoms with Crippen LogP contribution in [0.15, 0.2) is 0 Å². The van der Waals surface area contributed by atoms with Crippen LogP contribution in [-0.4, -0.2) is 23.6 Å². The van der Waals surface area contributed by atoms with Gasteiger partial charge in [-0.3, -0.25) is 0 Å². The summed E-state index contributed by atoms with van der Waals surface area (Å²) in [7, 11) is 0. The second kappa shape index (κ2) is 6.90. The second-order valence-corrected chi connectivity index (χ2v) is 7.48. The molecule has 0 atom stereocenters. The smallest absolute Gasteiger partial charge is 0.186 e. The lowest BCUT2D eigenvalue weighted by Crippen LogP contribution is -2.26. The predicted octanol–water partition coefficient (Wildman–Crippen LogP) is 4.14. The first kappa shape index (κ1) is 15.8. The van der Waals surface area contributed by atoms with Gasteiger partial charge in [0, 0.05) is 30.1 Å². The molecule has 4 heteroatoms. The summed E-state index contributed by atoms with van der Waals surface area (Å²) in [6.45, 7) is 13.3. The maximum absolute atomic E-state index is 4.97. The van der Waals surface area contributed by atoms with Crippen molar-refractivity contribution in [2.24, 2.45) is 0 Å². The summed E-state index contributed by atoms with van der Waals surface area (Å²) in [5.74, 6) is 0.506. The first-order chi connectivity index (χ1) is 9.52. The molecule has 114 valence electrons. The zero-order valence-electron chi connectivity index (χ0n) is 13.6. The van der Waals surface area contributed by atoms with Gasteiger partial charge in [-0.05, 0) is 25.2 Å². The Kier molecular flexibility index (Phi) is 5.44. The third-order valence-corrected chi connectivity index (χ3v) is 4.74. The lowest BCUT2D eigenvalue weighted by Gasteiger charge is -2.20. The highest BCUT2D eigenvalue weighted by Gasteiger charge is 2.31. The van der Waals surface area contributed by atoms with Crippen molar-refractivity contribution in [3.05, 3.63) is 10.6 Å². The summed E-state index contributed by atoms with van der Waals surface area (Å²) < 4.78 is 0. The largest absolute Gasteiger partial charge is 0.345 e. The molecular weight excluding hydrogens is 266 g/mol. The molecule has 3 nitrogen and oxygen atoms in total. The van der Waals surface area contributed by atoms with Gasteiger partial charge in [0.2, 0.25) is 0 Å². The molecule has 1 aromatic heterocycles. The van der Waals surface area contributed by atoms with E-state index in [-0.39, 0.29) is 0 Å². The SMILES string of the molecule is CCCN(c1nc(C(C)C)c(CNC(C)C)s1)C1CC1. The van der Waals surface area contributed by atoms with Crippen LogP contribution in [0.2, 0.25) is 0 Å². The molecule has 0 bridgehead atoms. The van der Waals surface area contributed by atoms with Gasteiger partial charge in [0.1, 0.15) is 0 Å². The van der Waals surface area contributed by atoms with Crippen molar-refractivity contribution in [2.45, 2.75) is 78.4 Å². The van der Waals surface area contributed by atoms with Crippen molar-refractivity contribution in [1.29, 1.82) is 0 Å². The molecule has 0 saturated heterocycles. The number of anilines is 1. The molecule has 1 aliphatic carbocycles. The molecule has 0 aliphatic heterocycles. The summed E-state index contributed by atoms with van der Waals surface area (Å²) in [5, 5.41) is 4.79. The Morgan fingerprint density at radius 3 is 2.50 bits per heavy atom. The van der Waals surface area contributed by atoms with E-state index in [2.05, 4.69) is 44.8 Å². The number of nitrogens with zero attached hydrogens (tertiary/aromatic N) is 2. The second-order valence-electron chi connectivity index (χ2n) is 6.42. The summed E-state index contributed by atoms with van der Waals surface area (Å²) in [5.41, 5.74) is 1.29. The molecule has 0 spiro atoms. The van der Waals surface area contributed by atoms with E-state index in [1.54, 1.807) is 0 Å². The van der Waals surface area contributed by atoms with Gasteiger partial charge in [0.15, 0.2) is 5.13 Å². The molecule has 1 N–H and O–H groups in total. The summed E-state index contributed by atoms with van der Waals surface area (Å²) in [4.78, 5) is 8.93. The quantitative estimate of drug-likeness (QED) is 0.781. The van der Waals surface area contributed by atoms with Crippen molar-refractivity contribution >= 4 is 16.5 Å².